The smallest absolute Gasteiger partial charge is 0.408 e. The van der Waals surface area contributed by atoms with Crippen LogP contribution in [-0.4, -0.2) is 28.7 Å². The predicted molar refractivity (Wildman–Crippen MR) is 92.1 cm³/mol. The Bertz CT molecular complexity index is 640. The lowest BCUT2D eigenvalue weighted by Gasteiger charge is -2.21. The first-order chi connectivity index (χ1) is 11.2. The second-order valence-electron chi connectivity index (χ2n) is 6.60. The third kappa shape index (κ3) is 5.96. The molecule has 6 nitrogen and oxygen atoms in total. The number of carbonyl (C=O) groups excluding carboxylic acids is 2. The number of hydrogen-bond acceptors (Lipinski definition) is 5. The van der Waals surface area contributed by atoms with Crippen molar-refractivity contribution in [1.29, 1.82) is 0 Å². The third-order valence-electron chi connectivity index (χ3n) is 3.23. The molecule has 1 aromatic rings. The molecule has 1 heterocycles. The molecule has 0 radical (unpaired) electrons. The summed E-state index contributed by atoms with van der Waals surface area (Å²) in [6, 6.07) is 1.61. The number of hydrogen-bond donors (Lipinski definition) is 1. The second kappa shape index (κ2) is 7.79. The van der Waals surface area contributed by atoms with Gasteiger partial charge in [-0.3, -0.25) is 9.78 Å². The van der Waals surface area contributed by atoms with E-state index < -0.39 is 11.7 Å². The van der Waals surface area contributed by atoms with E-state index in [4.69, 9.17) is 9.47 Å². The van der Waals surface area contributed by atoms with Gasteiger partial charge in [-0.05, 0) is 49.2 Å². The molecule has 1 aliphatic rings. The Labute approximate surface area is 149 Å². The summed E-state index contributed by atoms with van der Waals surface area (Å²) in [7, 11) is 0. The molecule has 130 valence electrons. The molecule has 0 bridgehead atoms. The zero-order chi connectivity index (χ0) is 17.7. The van der Waals surface area contributed by atoms with Crippen molar-refractivity contribution in [2.45, 2.75) is 45.4 Å². The van der Waals surface area contributed by atoms with Crippen molar-refractivity contribution in [2.75, 3.05) is 0 Å². The zero-order valence-corrected chi connectivity index (χ0v) is 15.5. The predicted octanol–water partition coefficient (Wildman–Crippen LogP) is 3.36. The van der Waals surface area contributed by atoms with E-state index in [1.165, 1.54) is 0 Å². The fourth-order valence-electron chi connectivity index (χ4n) is 2.24. The number of amides is 1. The maximum atomic E-state index is 12.1. The average Bonchev–Trinajstić information content (AvgIpc) is 2.91. The number of pyridine rings is 1. The van der Waals surface area contributed by atoms with Crippen LogP contribution in [0.5, 0.6) is 0 Å². The second-order valence-corrected chi connectivity index (χ2v) is 7.51. The van der Waals surface area contributed by atoms with Crippen LogP contribution in [0, 0.1) is 5.92 Å². The summed E-state index contributed by atoms with van der Waals surface area (Å²) in [6.07, 6.45) is 6.83. The van der Waals surface area contributed by atoms with Crippen molar-refractivity contribution in [3.05, 3.63) is 40.6 Å². The van der Waals surface area contributed by atoms with Crippen molar-refractivity contribution in [3.63, 3.8) is 0 Å². The quantitative estimate of drug-likeness (QED) is 0.623. The number of alkyl carbamates (subject to hydrolysis) is 1. The van der Waals surface area contributed by atoms with E-state index >= 15 is 0 Å². The standard InChI is InChI=1S/C17H21BrN2O4/c1-17(2,3)24-16(22)20-14-5-4-12(7-14)15(21)23-10-11-6-13(18)9-19-8-11/h4-6,8-9,12,14H,7,10H2,1-3H3,(H,20,22)/t12-,14+/m1/s1. The SMILES string of the molecule is CC(C)(C)OC(=O)N[C@H]1C=C[C@@H](C(=O)OCc2cncc(Br)c2)C1. The van der Waals surface area contributed by atoms with E-state index in [-0.39, 0.29) is 24.5 Å². The average molecular weight is 397 g/mol. The molecule has 0 unspecified atom stereocenters. The first kappa shape index (κ1) is 18.4. The Balaban J connectivity index is 1.77. The topological polar surface area (TPSA) is 77.5 Å². The molecular weight excluding hydrogens is 376 g/mol. The molecule has 0 aliphatic heterocycles. The van der Waals surface area contributed by atoms with Crippen molar-refractivity contribution in [2.24, 2.45) is 5.92 Å². The summed E-state index contributed by atoms with van der Waals surface area (Å²) >= 11 is 3.32. The number of esters is 1. The number of nitrogens with zero attached hydrogens (tertiary/aromatic N) is 1. The van der Waals surface area contributed by atoms with Gasteiger partial charge in [-0.15, -0.1) is 0 Å². The van der Waals surface area contributed by atoms with Crippen LogP contribution in [0.15, 0.2) is 35.1 Å². The maximum Gasteiger partial charge on any atom is 0.408 e. The highest BCUT2D eigenvalue weighted by Crippen LogP contribution is 2.21. The Morgan fingerprint density at radius 2 is 2.08 bits per heavy atom. The van der Waals surface area contributed by atoms with Gasteiger partial charge in [0.25, 0.3) is 0 Å². The largest absolute Gasteiger partial charge is 0.460 e. The summed E-state index contributed by atoms with van der Waals surface area (Å²) in [5.41, 5.74) is 0.256. The maximum absolute atomic E-state index is 12.1. The van der Waals surface area contributed by atoms with E-state index in [9.17, 15) is 9.59 Å². The lowest BCUT2D eigenvalue weighted by Crippen LogP contribution is -2.38. The van der Waals surface area contributed by atoms with E-state index in [2.05, 4.69) is 26.2 Å². The van der Waals surface area contributed by atoms with Crippen LogP contribution in [0.4, 0.5) is 4.79 Å². The van der Waals surface area contributed by atoms with Gasteiger partial charge in [0, 0.05) is 22.4 Å². The van der Waals surface area contributed by atoms with Gasteiger partial charge < -0.3 is 14.8 Å². The van der Waals surface area contributed by atoms with Crippen LogP contribution in [-0.2, 0) is 20.9 Å². The summed E-state index contributed by atoms with van der Waals surface area (Å²) in [4.78, 5) is 27.9. The number of ether oxygens (including phenoxy) is 2. The molecule has 24 heavy (non-hydrogen) atoms. The van der Waals surface area contributed by atoms with Gasteiger partial charge in [0.05, 0.1) is 12.0 Å². The Hall–Kier alpha value is -1.89. The number of carbonyl (C=O) groups is 2. The molecule has 0 spiro atoms. The molecule has 2 atom stereocenters. The van der Waals surface area contributed by atoms with E-state index in [0.29, 0.717) is 6.42 Å². The van der Waals surface area contributed by atoms with Crippen molar-refractivity contribution >= 4 is 28.0 Å². The zero-order valence-electron chi connectivity index (χ0n) is 13.9. The fourth-order valence-corrected chi connectivity index (χ4v) is 2.65. The molecular formula is C17H21BrN2O4. The highest BCUT2D eigenvalue weighted by atomic mass is 79.9. The minimum atomic E-state index is -0.553. The Morgan fingerprint density at radius 3 is 2.75 bits per heavy atom. The van der Waals surface area contributed by atoms with Crippen molar-refractivity contribution in [3.8, 4) is 0 Å². The number of aromatic nitrogens is 1. The monoisotopic (exact) mass is 396 g/mol. The summed E-state index contributed by atoms with van der Waals surface area (Å²) in [5, 5.41) is 2.73. The van der Waals surface area contributed by atoms with Gasteiger partial charge >= 0.3 is 12.1 Å². The molecule has 0 saturated heterocycles. The van der Waals surface area contributed by atoms with E-state index in [0.717, 1.165) is 10.0 Å². The molecule has 7 heteroatoms. The van der Waals surface area contributed by atoms with Gasteiger partial charge in [0.2, 0.25) is 0 Å². The molecule has 1 N–H and O–H groups in total. The summed E-state index contributed by atoms with van der Waals surface area (Å²) in [6.45, 7) is 5.57. The summed E-state index contributed by atoms with van der Waals surface area (Å²) in [5.74, 6) is -0.690. The van der Waals surface area contributed by atoms with E-state index in [1.54, 1.807) is 45.3 Å². The Kier molecular flexibility index (Phi) is 5.99. The Morgan fingerprint density at radius 1 is 1.33 bits per heavy atom. The lowest BCUT2D eigenvalue weighted by atomic mass is 10.1. The van der Waals surface area contributed by atoms with Crippen LogP contribution in [0.1, 0.15) is 32.8 Å². The van der Waals surface area contributed by atoms with Crippen molar-refractivity contribution < 1.29 is 19.1 Å². The first-order valence-corrected chi connectivity index (χ1v) is 8.46. The highest BCUT2D eigenvalue weighted by Gasteiger charge is 2.28. The highest BCUT2D eigenvalue weighted by molar-refractivity contribution is 9.10. The van der Waals surface area contributed by atoms with Gasteiger partial charge in [0.1, 0.15) is 12.2 Å². The van der Waals surface area contributed by atoms with E-state index in [1.807, 2.05) is 6.07 Å². The van der Waals surface area contributed by atoms with Crippen LogP contribution < -0.4 is 5.32 Å². The molecule has 0 saturated carbocycles. The normalized spacial score (nSPS) is 19.8. The van der Waals surface area contributed by atoms with Crippen molar-refractivity contribution in [1.82, 2.24) is 10.3 Å². The van der Waals surface area contributed by atoms with Gasteiger partial charge in [-0.2, -0.15) is 0 Å². The van der Waals surface area contributed by atoms with Crippen LogP contribution in [0.2, 0.25) is 0 Å². The van der Waals surface area contributed by atoms with Gasteiger partial charge in [-0.1, -0.05) is 12.2 Å². The lowest BCUT2D eigenvalue weighted by molar-refractivity contribution is -0.148. The van der Waals surface area contributed by atoms with Gasteiger partial charge in [0.15, 0.2) is 0 Å². The minimum Gasteiger partial charge on any atom is -0.460 e. The molecule has 1 amide bonds. The number of rotatable bonds is 4. The molecule has 2 rings (SSSR count). The minimum absolute atomic E-state index is 0.166. The molecule has 0 aromatic carbocycles. The molecule has 1 aliphatic carbocycles. The summed E-state index contributed by atoms with van der Waals surface area (Å²) < 4.78 is 11.3. The molecule has 1 aromatic heterocycles. The number of nitrogens with one attached hydrogen (secondary N) is 1. The number of halogens is 1. The van der Waals surface area contributed by atoms with Gasteiger partial charge in [-0.25, -0.2) is 4.79 Å². The van der Waals surface area contributed by atoms with Crippen LogP contribution >= 0.6 is 15.9 Å². The fraction of sp³-hybridized carbons (Fsp3) is 0.471. The third-order valence-corrected chi connectivity index (χ3v) is 3.66. The van der Waals surface area contributed by atoms with Crippen LogP contribution in [0.3, 0.4) is 0 Å². The molecule has 0 fully saturated rings. The van der Waals surface area contributed by atoms with Crippen LogP contribution in [0.25, 0.3) is 0 Å². The first-order valence-electron chi connectivity index (χ1n) is 7.67.